The maximum Gasteiger partial charge on any atom is 0.227 e. The van der Waals surface area contributed by atoms with Crippen molar-refractivity contribution in [3.63, 3.8) is 0 Å². The van der Waals surface area contributed by atoms with Gasteiger partial charge in [0.15, 0.2) is 0 Å². The lowest BCUT2D eigenvalue weighted by Gasteiger charge is -2.54. The Morgan fingerprint density at radius 1 is 1.00 bits per heavy atom. The molecule has 30 heavy (non-hydrogen) atoms. The van der Waals surface area contributed by atoms with Crippen LogP contribution in [0, 0.1) is 5.92 Å². The van der Waals surface area contributed by atoms with Crippen LogP contribution in [0.25, 0.3) is 0 Å². The highest BCUT2D eigenvalue weighted by Crippen LogP contribution is 2.35. The Labute approximate surface area is 189 Å². The Morgan fingerprint density at radius 2 is 1.77 bits per heavy atom. The van der Waals surface area contributed by atoms with Crippen molar-refractivity contribution in [2.75, 3.05) is 45.9 Å². The topological polar surface area (TPSA) is 36.0 Å². The predicted molar refractivity (Wildman–Crippen MR) is 119 cm³/mol. The summed E-state index contributed by atoms with van der Waals surface area (Å²) in [6, 6.07) is 6.33. The molecule has 7 heteroatoms. The number of rotatable bonds is 5. The summed E-state index contributed by atoms with van der Waals surface area (Å²) in [6.45, 7) is 6.61. The van der Waals surface area contributed by atoms with E-state index in [0.29, 0.717) is 28.5 Å². The third-order valence-electron chi connectivity index (χ3n) is 7.28. The molecule has 1 aliphatic carbocycles. The number of amides is 1. The van der Waals surface area contributed by atoms with Crippen LogP contribution in [0.2, 0.25) is 10.0 Å². The molecule has 5 nitrogen and oxygen atoms in total. The molecule has 0 bridgehead atoms. The first-order valence-electron chi connectivity index (χ1n) is 11.4. The third kappa shape index (κ3) is 4.37. The monoisotopic (exact) mass is 451 g/mol. The highest BCUT2D eigenvalue weighted by Gasteiger charge is 2.48. The molecule has 1 amide bonds. The van der Waals surface area contributed by atoms with Gasteiger partial charge in [0.1, 0.15) is 0 Å². The average Bonchev–Trinajstić information content (AvgIpc) is 3.39. The summed E-state index contributed by atoms with van der Waals surface area (Å²) >= 11 is 12.2. The first-order valence-corrected chi connectivity index (χ1v) is 12.1. The molecule has 3 heterocycles. The van der Waals surface area contributed by atoms with Gasteiger partial charge >= 0.3 is 0 Å². The summed E-state index contributed by atoms with van der Waals surface area (Å²) in [5.74, 6) is 1.04. The number of piperazine rings is 1. The van der Waals surface area contributed by atoms with Gasteiger partial charge in [-0.3, -0.25) is 14.6 Å². The van der Waals surface area contributed by atoms with E-state index >= 15 is 0 Å². The molecule has 1 saturated carbocycles. The Morgan fingerprint density at radius 3 is 2.50 bits per heavy atom. The lowest BCUT2D eigenvalue weighted by molar-refractivity contribution is -0.152. The summed E-state index contributed by atoms with van der Waals surface area (Å²) in [5.41, 5.74) is 0.927. The zero-order chi connectivity index (χ0) is 20.7. The molecule has 4 fully saturated rings. The van der Waals surface area contributed by atoms with Crippen LogP contribution in [0.15, 0.2) is 18.2 Å². The smallest absolute Gasteiger partial charge is 0.227 e. The van der Waals surface area contributed by atoms with Crippen molar-refractivity contribution in [3.05, 3.63) is 33.8 Å². The van der Waals surface area contributed by atoms with Crippen molar-refractivity contribution in [1.29, 1.82) is 0 Å². The maximum absolute atomic E-state index is 13.5. The van der Waals surface area contributed by atoms with E-state index in [4.69, 9.17) is 27.9 Å². The van der Waals surface area contributed by atoms with Crippen LogP contribution in [-0.2, 0) is 16.0 Å². The van der Waals surface area contributed by atoms with Gasteiger partial charge in [-0.05, 0) is 62.4 Å². The summed E-state index contributed by atoms with van der Waals surface area (Å²) < 4.78 is 6.12. The molecule has 3 saturated heterocycles. The molecule has 4 aliphatic rings. The number of nitrogens with zero attached hydrogens (tertiary/aromatic N) is 3. The van der Waals surface area contributed by atoms with Gasteiger partial charge in [-0.2, -0.15) is 0 Å². The Bertz CT molecular complexity index is 782. The van der Waals surface area contributed by atoms with Crippen LogP contribution in [0.1, 0.15) is 31.2 Å². The molecule has 0 aromatic heterocycles. The molecule has 3 aliphatic heterocycles. The zero-order valence-corrected chi connectivity index (χ0v) is 19.0. The SMILES string of the molecule is O=C(Cc1ccc(Cl)c(Cl)c1)N1CCN(CC2CC2)C2COCC(N3CCCC3)[C@H]21. The number of halogens is 2. The van der Waals surface area contributed by atoms with E-state index in [1.54, 1.807) is 6.07 Å². The summed E-state index contributed by atoms with van der Waals surface area (Å²) in [6.07, 6.45) is 5.57. The van der Waals surface area contributed by atoms with Gasteiger partial charge in [0.2, 0.25) is 5.91 Å². The van der Waals surface area contributed by atoms with Crippen molar-refractivity contribution < 1.29 is 9.53 Å². The number of carbonyl (C=O) groups is 1. The molecular formula is C23H31Cl2N3O2. The minimum Gasteiger partial charge on any atom is -0.378 e. The Balaban J connectivity index is 1.37. The van der Waals surface area contributed by atoms with Crippen LogP contribution >= 0.6 is 23.2 Å². The predicted octanol–water partition coefficient (Wildman–Crippen LogP) is 3.32. The van der Waals surface area contributed by atoms with E-state index in [0.717, 1.165) is 57.4 Å². The van der Waals surface area contributed by atoms with Crippen LogP contribution in [0.5, 0.6) is 0 Å². The fraction of sp³-hybridized carbons (Fsp3) is 0.696. The maximum atomic E-state index is 13.5. The molecule has 3 atom stereocenters. The third-order valence-corrected chi connectivity index (χ3v) is 8.02. The van der Waals surface area contributed by atoms with E-state index in [-0.39, 0.29) is 11.9 Å². The fourth-order valence-electron chi connectivity index (χ4n) is 5.52. The highest BCUT2D eigenvalue weighted by atomic mass is 35.5. The first-order chi connectivity index (χ1) is 14.6. The second kappa shape index (κ2) is 8.95. The van der Waals surface area contributed by atoms with Gasteiger partial charge in [-0.1, -0.05) is 29.3 Å². The van der Waals surface area contributed by atoms with E-state index in [9.17, 15) is 4.79 Å². The Hall–Kier alpha value is -0.850. The molecule has 2 unspecified atom stereocenters. The highest BCUT2D eigenvalue weighted by molar-refractivity contribution is 6.42. The van der Waals surface area contributed by atoms with Crippen molar-refractivity contribution in [3.8, 4) is 0 Å². The van der Waals surface area contributed by atoms with Crippen LogP contribution in [0.4, 0.5) is 0 Å². The molecule has 0 spiro atoms. The fourth-order valence-corrected chi connectivity index (χ4v) is 5.84. The van der Waals surface area contributed by atoms with Gasteiger partial charge in [0.05, 0.1) is 47.8 Å². The molecule has 1 aromatic carbocycles. The number of benzene rings is 1. The second-order valence-corrected chi connectivity index (χ2v) is 10.2. The molecular weight excluding hydrogens is 421 g/mol. The number of ether oxygens (including phenoxy) is 1. The molecule has 5 rings (SSSR count). The minimum atomic E-state index is 0.195. The molecule has 164 valence electrons. The van der Waals surface area contributed by atoms with Crippen LogP contribution in [-0.4, -0.2) is 84.7 Å². The van der Waals surface area contributed by atoms with Gasteiger partial charge in [-0.15, -0.1) is 0 Å². The molecule has 0 radical (unpaired) electrons. The van der Waals surface area contributed by atoms with Gasteiger partial charge in [0, 0.05) is 19.6 Å². The normalized spacial score (nSPS) is 30.5. The first kappa shape index (κ1) is 21.0. The second-order valence-electron chi connectivity index (χ2n) is 9.36. The van der Waals surface area contributed by atoms with Gasteiger partial charge in [-0.25, -0.2) is 0 Å². The zero-order valence-electron chi connectivity index (χ0n) is 17.4. The summed E-state index contributed by atoms with van der Waals surface area (Å²) in [5, 5.41) is 1.04. The van der Waals surface area contributed by atoms with Crippen LogP contribution < -0.4 is 0 Å². The number of fused-ring (bicyclic) bond motifs is 1. The number of hydrogen-bond acceptors (Lipinski definition) is 4. The molecule has 1 aromatic rings. The molecule has 0 N–H and O–H groups in total. The van der Waals surface area contributed by atoms with E-state index in [2.05, 4.69) is 14.7 Å². The van der Waals surface area contributed by atoms with Crippen molar-refractivity contribution >= 4 is 29.1 Å². The average molecular weight is 452 g/mol. The largest absolute Gasteiger partial charge is 0.378 e. The number of likely N-dealkylation sites (tertiary alicyclic amines) is 1. The quantitative estimate of drug-likeness (QED) is 0.687. The standard InChI is InChI=1S/C23H31Cl2N3O2/c24-18-6-5-17(11-19(18)25)12-22(29)28-10-9-27(13-16-3-4-16)21-15-30-14-20(23(21)28)26-7-1-2-8-26/h5-6,11,16,20-21,23H,1-4,7-10,12-15H2/t20?,21?,23-/m1/s1. The summed E-state index contributed by atoms with van der Waals surface area (Å²) in [7, 11) is 0. The Kier molecular flexibility index (Phi) is 6.27. The van der Waals surface area contributed by atoms with E-state index in [1.165, 1.54) is 25.7 Å². The van der Waals surface area contributed by atoms with E-state index < -0.39 is 0 Å². The van der Waals surface area contributed by atoms with Crippen molar-refractivity contribution in [2.45, 2.75) is 50.2 Å². The van der Waals surface area contributed by atoms with Crippen molar-refractivity contribution in [2.24, 2.45) is 5.92 Å². The lowest BCUT2D eigenvalue weighted by Crippen LogP contribution is -2.71. The van der Waals surface area contributed by atoms with Crippen LogP contribution in [0.3, 0.4) is 0 Å². The van der Waals surface area contributed by atoms with E-state index in [1.807, 2.05) is 12.1 Å². The lowest BCUT2D eigenvalue weighted by atomic mass is 9.90. The number of carbonyl (C=O) groups excluding carboxylic acids is 1. The number of hydrogen-bond donors (Lipinski definition) is 0. The van der Waals surface area contributed by atoms with Crippen molar-refractivity contribution in [1.82, 2.24) is 14.7 Å². The minimum absolute atomic E-state index is 0.195. The van der Waals surface area contributed by atoms with Gasteiger partial charge < -0.3 is 9.64 Å². The summed E-state index contributed by atoms with van der Waals surface area (Å²) in [4.78, 5) is 20.8. The van der Waals surface area contributed by atoms with Gasteiger partial charge in [0.25, 0.3) is 0 Å².